The highest BCUT2D eigenvalue weighted by Crippen LogP contribution is 2.40. The smallest absolute Gasteiger partial charge is 0.294 e. The normalized spacial score (nSPS) is 17.9. The molecule has 1 aromatic heterocycles. The van der Waals surface area contributed by atoms with Crippen molar-refractivity contribution in [3.63, 3.8) is 0 Å². The van der Waals surface area contributed by atoms with Gasteiger partial charge in [0.1, 0.15) is 5.82 Å². The number of rotatable bonds is 7. The number of aromatic nitrogens is 2. The van der Waals surface area contributed by atoms with Crippen molar-refractivity contribution in [2.75, 3.05) is 16.2 Å². The van der Waals surface area contributed by atoms with Crippen molar-refractivity contribution < 1.29 is 13.0 Å². The van der Waals surface area contributed by atoms with Crippen LogP contribution in [-0.4, -0.2) is 29.0 Å². The Labute approximate surface area is 164 Å². The van der Waals surface area contributed by atoms with Crippen molar-refractivity contribution in [3.05, 3.63) is 36.0 Å². The van der Waals surface area contributed by atoms with E-state index in [-0.39, 0.29) is 4.90 Å². The van der Waals surface area contributed by atoms with E-state index in [1.807, 2.05) is 6.07 Å². The Kier molecular flexibility index (Phi) is 5.36. The number of anilines is 3. The summed E-state index contributed by atoms with van der Waals surface area (Å²) in [5, 5.41) is 3.48. The second-order valence-corrected chi connectivity index (χ2v) is 8.93. The SMILES string of the molecule is O=S(=O)(O)c1ccc(NNc2cc(C3CC3)nc(NC3CCCCC3)n2)cc1. The van der Waals surface area contributed by atoms with E-state index in [0.717, 1.165) is 31.4 Å². The largest absolute Gasteiger partial charge is 0.351 e. The molecule has 2 saturated carbocycles. The lowest BCUT2D eigenvalue weighted by Crippen LogP contribution is -2.24. The van der Waals surface area contributed by atoms with E-state index in [4.69, 9.17) is 9.54 Å². The van der Waals surface area contributed by atoms with E-state index in [1.165, 1.54) is 31.4 Å². The van der Waals surface area contributed by atoms with Crippen molar-refractivity contribution >= 4 is 27.6 Å². The number of hydrogen-bond donors (Lipinski definition) is 4. The fourth-order valence-electron chi connectivity index (χ4n) is 3.46. The highest BCUT2D eigenvalue weighted by molar-refractivity contribution is 7.85. The van der Waals surface area contributed by atoms with Gasteiger partial charge < -0.3 is 5.32 Å². The third kappa shape index (κ3) is 4.90. The maximum atomic E-state index is 11.1. The Morgan fingerprint density at radius 3 is 2.29 bits per heavy atom. The number of nitrogens with zero attached hydrogens (tertiary/aromatic N) is 2. The van der Waals surface area contributed by atoms with Crippen molar-refractivity contribution in [1.29, 1.82) is 0 Å². The molecule has 0 atom stereocenters. The summed E-state index contributed by atoms with van der Waals surface area (Å²) < 4.78 is 31.3. The maximum Gasteiger partial charge on any atom is 0.294 e. The lowest BCUT2D eigenvalue weighted by Gasteiger charge is -2.23. The highest BCUT2D eigenvalue weighted by Gasteiger charge is 2.26. The summed E-state index contributed by atoms with van der Waals surface area (Å²) in [4.78, 5) is 9.13. The molecule has 2 aromatic rings. The van der Waals surface area contributed by atoms with Crippen molar-refractivity contribution in [2.24, 2.45) is 0 Å². The van der Waals surface area contributed by atoms with Crippen LogP contribution in [0.15, 0.2) is 35.2 Å². The van der Waals surface area contributed by atoms with Gasteiger partial charge in [-0.3, -0.25) is 15.4 Å². The van der Waals surface area contributed by atoms with Crippen LogP contribution in [0.2, 0.25) is 0 Å². The second kappa shape index (κ2) is 7.92. The van der Waals surface area contributed by atoms with Crippen LogP contribution in [0.25, 0.3) is 0 Å². The van der Waals surface area contributed by atoms with Crippen LogP contribution in [-0.2, 0) is 10.1 Å². The average molecular weight is 404 g/mol. The summed E-state index contributed by atoms with van der Waals surface area (Å²) in [5.41, 5.74) is 7.77. The first-order valence-electron chi connectivity index (χ1n) is 9.72. The fourth-order valence-corrected chi connectivity index (χ4v) is 3.94. The van der Waals surface area contributed by atoms with Crippen LogP contribution in [0.5, 0.6) is 0 Å². The third-order valence-electron chi connectivity index (χ3n) is 5.17. The molecule has 0 saturated heterocycles. The van der Waals surface area contributed by atoms with Crippen molar-refractivity contribution in [1.82, 2.24) is 9.97 Å². The Balaban J connectivity index is 1.45. The van der Waals surface area contributed by atoms with E-state index in [0.29, 0.717) is 29.4 Å². The first-order chi connectivity index (χ1) is 13.5. The molecule has 0 aliphatic heterocycles. The standard InChI is InChI=1S/C19H25N5O3S/c25-28(26,27)16-10-8-15(9-11-16)23-24-18-12-17(13-6-7-13)21-19(22-18)20-14-4-2-1-3-5-14/h8-14,23H,1-7H2,(H,25,26,27)(H2,20,21,22,24). The minimum atomic E-state index is -4.19. The van der Waals surface area contributed by atoms with Gasteiger partial charge in [-0.15, -0.1) is 0 Å². The van der Waals surface area contributed by atoms with Crippen LogP contribution < -0.4 is 16.2 Å². The molecule has 0 bridgehead atoms. The van der Waals surface area contributed by atoms with E-state index >= 15 is 0 Å². The molecule has 2 aliphatic rings. The number of hydrazine groups is 1. The van der Waals surface area contributed by atoms with Gasteiger partial charge in [0.2, 0.25) is 5.95 Å². The third-order valence-corrected chi connectivity index (χ3v) is 6.03. The summed E-state index contributed by atoms with van der Waals surface area (Å²) in [6, 6.07) is 8.19. The zero-order valence-electron chi connectivity index (χ0n) is 15.6. The van der Waals surface area contributed by atoms with Gasteiger partial charge in [0.15, 0.2) is 0 Å². The van der Waals surface area contributed by atoms with Gasteiger partial charge in [-0.05, 0) is 49.9 Å². The first kappa shape index (κ1) is 18.9. The molecular formula is C19H25N5O3S. The molecule has 8 nitrogen and oxygen atoms in total. The van der Waals surface area contributed by atoms with E-state index in [1.54, 1.807) is 12.1 Å². The summed E-state index contributed by atoms with van der Waals surface area (Å²) in [6.45, 7) is 0. The molecule has 4 N–H and O–H groups in total. The second-order valence-electron chi connectivity index (χ2n) is 7.50. The van der Waals surface area contributed by atoms with Crippen LogP contribution in [0.4, 0.5) is 17.5 Å². The Morgan fingerprint density at radius 1 is 0.929 bits per heavy atom. The first-order valence-corrected chi connectivity index (χ1v) is 11.2. The summed E-state index contributed by atoms with van der Waals surface area (Å²) in [7, 11) is -4.19. The predicted molar refractivity (Wildman–Crippen MR) is 108 cm³/mol. The molecule has 0 amide bonds. The summed E-state index contributed by atoms with van der Waals surface area (Å²) >= 11 is 0. The van der Waals surface area contributed by atoms with Crippen LogP contribution in [0, 0.1) is 0 Å². The molecule has 9 heteroatoms. The Hall–Kier alpha value is -2.39. The molecule has 150 valence electrons. The van der Waals surface area contributed by atoms with Gasteiger partial charge in [0, 0.05) is 18.0 Å². The van der Waals surface area contributed by atoms with Crippen LogP contribution in [0.3, 0.4) is 0 Å². The topological polar surface area (TPSA) is 116 Å². The molecule has 1 aromatic carbocycles. The zero-order chi connectivity index (χ0) is 19.6. The molecule has 2 fully saturated rings. The fraction of sp³-hybridized carbons (Fsp3) is 0.474. The molecular weight excluding hydrogens is 378 g/mol. The number of hydrogen-bond acceptors (Lipinski definition) is 7. The average Bonchev–Trinajstić information content (AvgIpc) is 3.52. The van der Waals surface area contributed by atoms with Crippen molar-refractivity contribution in [3.8, 4) is 0 Å². The zero-order valence-corrected chi connectivity index (χ0v) is 16.4. The van der Waals surface area contributed by atoms with Gasteiger partial charge in [-0.2, -0.15) is 13.4 Å². The molecule has 28 heavy (non-hydrogen) atoms. The Bertz CT molecular complexity index is 923. The lowest BCUT2D eigenvalue weighted by molar-refractivity contribution is 0.460. The predicted octanol–water partition coefficient (Wildman–Crippen LogP) is 3.78. The van der Waals surface area contributed by atoms with Crippen molar-refractivity contribution in [2.45, 2.75) is 61.8 Å². The lowest BCUT2D eigenvalue weighted by atomic mass is 9.96. The molecule has 2 aliphatic carbocycles. The Morgan fingerprint density at radius 2 is 1.64 bits per heavy atom. The van der Waals surface area contributed by atoms with E-state index in [9.17, 15) is 8.42 Å². The van der Waals surface area contributed by atoms with Crippen LogP contribution in [0.1, 0.15) is 56.6 Å². The van der Waals surface area contributed by atoms with Gasteiger partial charge in [-0.1, -0.05) is 19.3 Å². The highest BCUT2D eigenvalue weighted by atomic mass is 32.2. The summed E-state index contributed by atoms with van der Waals surface area (Å²) in [5.74, 6) is 1.82. The monoisotopic (exact) mass is 403 g/mol. The quantitative estimate of drug-likeness (QED) is 0.408. The molecule has 0 unspecified atom stereocenters. The molecule has 0 spiro atoms. The van der Waals surface area contributed by atoms with Gasteiger partial charge in [0.25, 0.3) is 10.1 Å². The number of nitrogens with one attached hydrogen (secondary N) is 3. The maximum absolute atomic E-state index is 11.1. The van der Waals surface area contributed by atoms with E-state index < -0.39 is 10.1 Å². The minimum Gasteiger partial charge on any atom is -0.351 e. The molecule has 1 heterocycles. The van der Waals surface area contributed by atoms with E-state index in [2.05, 4.69) is 21.2 Å². The minimum absolute atomic E-state index is 0.143. The van der Waals surface area contributed by atoms with Gasteiger partial charge in [-0.25, -0.2) is 4.98 Å². The van der Waals surface area contributed by atoms with Crippen LogP contribution >= 0.6 is 0 Å². The molecule has 0 radical (unpaired) electrons. The summed E-state index contributed by atoms with van der Waals surface area (Å²) in [6.07, 6.45) is 8.40. The number of benzene rings is 1. The van der Waals surface area contributed by atoms with Gasteiger partial charge in [0.05, 0.1) is 16.3 Å². The molecule has 4 rings (SSSR count). The van der Waals surface area contributed by atoms with Gasteiger partial charge >= 0.3 is 0 Å².